The van der Waals surface area contributed by atoms with Crippen LogP contribution < -0.4 is 0 Å². The largest absolute Gasteiger partial charge is 0.423 e. The summed E-state index contributed by atoms with van der Waals surface area (Å²) in [5.41, 5.74) is 0.742. The van der Waals surface area contributed by atoms with E-state index in [-0.39, 0.29) is 11.5 Å². The minimum Gasteiger partial charge on any atom is -0.423 e. The van der Waals surface area contributed by atoms with Gasteiger partial charge in [0.05, 0.1) is 0 Å². The molecule has 0 aliphatic carbocycles. The highest BCUT2D eigenvalue weighted by Gasteiger charge is 2.07. The van der Waals surface area contributed by atoms with E-state index < -0.39 is 8.25 Å². The summed E-state index contributed by atoms with van der Waals surface area (Å²) in [6.07, 6.45) is 1.43. The summed E-state index contributed by atoms with van der Waals surface area (Å²) in [6, 6.07) is 8.96. The Balaban J connectivity index is 2.94. The van der Waals surface area contributed by atoms with Crippen LogP contribution in [0.5, 0.6) is 0 Å². The van der Waals surface area contributed by atoms with Crippen LogP contribution in [0, 0.1) is 0 Å². The van der Waals surface area contributed by atoms with E-state index in [9.17, 15) is 9.36 Å². The van der Waals surface area contributed by atoms with Gasteiger partial charge in [-0.1, -0.05) is 30.3 Å². The van der Waals surface area contributed by atoms with Crippen LogP contribution in [-0.2, 0) is 13.9 Å². The Morgan fingerprint density at radius 1 is 1.40 bits per heavy atom. The number of carbonyl (C=O) groups is 1. The van der Waals surface area contributed by atoms with Gasteiger partial charge in [0.15, 0.2) is 11.5 Å². The maximum Gasteiger partial charge on any atom is 0.365 e. The molecule has 15 heavy (non-hydrogen) atoms. The number of rotatable bonds is 4. The molecule has 0 amide bonds. The number of carbonyl (C=O) groups excluding carboxylic acids is 1. The number of hydrogen-bond acceptors (Lipinski definition) is 3. The van der Waals surface area contributed by atoms with Crippen LogP contribution >= 0.6 is 8.25 Å². The van der Waals surface area contributed by atoms with Crippen molar-refractivity contribution in [3.8, 4) is 0 Å². The zero-order chi connectivity index (χ0) is 11.3. The summed E-state index contributed by atoms with van der Waals surface area (Å²) in [5.74, 6) is -0.487. The van der Waals surface area contributed by atoms with Crippen LogP contribution in [0.3, 0.4) is 0 Å². The lowest BCUT2D eigenvalue weighted by atomic mass is 10.2. The highest BCUT2D eigenvalue weighted by atomic mass is 31.1. The van der Waals surface area contributed by atoms with E-state index in [1.807, 2.05) is 6.07 Å². The maximum absolute atomic E-state index is 11.1. The van der Waals surface area contributed by atoms with Crippen molar-refractivity contribution in [2.45, 2.75) is 6.92 Å². The first-order valence-electron chi connectivity index (χ1n) is 4.28. The van der Waals surface area contributed by atoms with Gasteiger partial charge in [0.1, 0.15) is 0 Å². The van der Waals surface area contributed by atoms with Crippen molar-refractivity contribution in [1.82, 2.24) is 0 Å². The second kappa shape index (κ2) is 5.49. The average Bonchev–Trinajstić information content (AvgIpc) is 2.17. The van der Waals surface area contributed by atoms with Crippen molar-refractivity contribution in [2.75, 3.05) is 0 Å². The molecule has 0 saturated carbocycles. The zero-order valence-corrected chi connectivity index (χ0v) is 9.14. The van der Waals surface area contributed by atoms with Gasteiger partial charge in [0.25, 0.3) is 0 Å². The van der Waals surface area contributed by atoms with Gasteiger partial charge in [-0.2, -0.15) is 0 Å². The molecule has 0 heterocycles. The van der Waals surface area contributed by atoms with E-state index in [4.69, 9.17) is 4.89 Å². The second-order valence-electron chi connectivity index (χ2n) is 2.84. The second-order valence-corrected chi connectivity index (χ2v) is 3.58. The van der Waals surface area contributed by atoms with Crippen LogP contribution in [0.2, 0.25) is 0 Å². The van der Waals surface area contributed by atoms with Crippen LogP contribution in [0.1, 0.15) is 12.5 Å². The Kier molecular flexibility index (Phi) is 4.28. The van der Waals surface area contributed by atoms with Gasteiger partial charge in [-0.25, -0.2) is 4.57 Å². The summed E-state index contributed by atoms with van der Waals surface area (Å²) in [6.45, 7) is 1.28. The van der Waals surface area contributed by atoms with E-state index in [1.165, 1.54) is 13.0 Å². The summed E-state index contributed by atoms with van der Waals surface area (Å²) in [5, 5.41) is 0. The highest BCUT2D eigenvalue weighted by molar-refractivity contribution is 7.32. The number of benzene rings is 1. The summed E-state index contributed by atoms with van der Waals surface area (Å²) >= 11 is 0. The molecule has 1 rings (SSSR count). The maximum atomic E-state index is 11.1. The highest BCUT2D eigenvalue weighted by Crippen LogP contribution is 2.22. The molecule has 0 bridgehead atoms. The van der Waals surface area contributed by atoms with Crippen molar-refractivity contribution in [3.05, 3.63) is 41.7 Å². The van der Waals surface area contributed by atoms with Gasteiger partial charge in [0, 0.05) is 6.92 Å². The first-order valence-corrected chi connectivity index (χ1v) is 5.54. The molecule has 1 N–H and O–H groups in total. The molecule has 80 valence electrons. The fourth-order valence-electron chi connectivity index (χ4n) is 0.998. The van der Waals surface area contributed by atoms with Crippen molar-refractivity contribution < 1.29 is 18.8 Å². The molecule has 4 nitrogen and oxygen atoms in total. The van der Waals surface area contributed by atoms with Crippen LogP contribution in [0.25, 0.3) is 6.08 Å². The van der Waals surface area contributed by atoms with Gasteiger partial charge in [-0.3, -0.25) is 4.79 Å². The predicted molar refractivity (Wildman–Crippen MR) is 57.4 cm³/mol. The van der Waals surface area contributed by atoms with Crippen molar-refractivity contribution in [1.29, 1.82) is 0 Å². The molecule has 1 aromatic carbocycles. The first kappa shape index (κ1) is 11.7. The molecule has 0 fully saturated rings. The van der Waals surface area contributed by atoms with E-state index in [0.717, 1.165) is 5.56 Å². The van der Waals surface area contributed by atoms with E-state index >= 15 is 0 Å². The van der Waals surface area contributed by atoms with Crippen LogP contribution in [-0.4, -0.2) is 10.7 Å². The van der Waals surface area contributed by atoms with Crippen molar-refractivity contribution >= 4 is 20.1 Å². The Morgan fingerprint density at radius 3 is 2.47 bits per heavy atom. The molecule has 1 atom stereocenters. The van der Waals surface area contributed by atoms with Gasteiger partial charge < -0.3 is 9.42 Å². The molecule has 0 aliphatic heterocycles. The molecular formula is C10H11O4P. The van der Waals surface area contributed by atoms with E-state index in [2.05, 4.69) is 4.52 Å². The van der Waals surface area contributed by atoms with Gasteiger partial charge >= 0.3 is 8.25 Å². The molecule has 0 aromatic heterocycles. The normalized spacial score (nSPS) is 13.3. The van der Waals surface area contributed by atoms with Gasteiger partial charge in [-0.15, -0.1) is 0 Å². The monoisotopic (exact) mass is 226 g/mol. The fraction of sp³-hybridized carbons (Fsp3) is 0.100. The van der Waals surface area contributed by atoms with Crippen LogP contribution in [0.4, 0.5) is 0 Å². The summed E-state index contributed by atoms with van der Waals surface area (Å²) < 4.78 is 15.0. The third-order valence-corrected chi connectivity index (χ3v) is 2.04. The summed E-state index contributed by atoms with van der Waals surface area (Å²) in [7, 11) is -3.14. The number of hydrogen-bond donors (Lipinski definition) is 1. The number of allylic oxidation sites excluding steroid dienone is 1. The third kappa shape index (κ3) is 4.11. The Bertz CT molecular complexity index is 397. The van der Waals surface area contributed by atoms with Gasteiger partial charge in [0.2, 0.25) is 0 Å². The Morgan fingerprint density at radius 2 is 2.00 bits per heavy atom. The SMILES string of the molecule is CC(=O)C(=Cc1ccccc1)O[PH](=O)O. The van der Waals surface area contributed by atoms with Gasteiger partial charge in [-0.05, 0) is 11.6 Å². The van der Waals surface area contributed by atoms with Crippen molar-refractivity contribution in [3.63, 3.8) is 0 Å². The molecule has 1 unspecified atom stereocenters. The first-order chi connectivity index (χ1) is 7.09. The summed E-state index contributed by atoms with van der Waals surface area (Å²) in [4.78, 5) is 19.6. The lowest BCUT2D eigenvalue weighted by Gasteiger charge is -2.03. The lowest BCUT2D eigenvalue weighted by Crippen LogP contribution is -1.97. The lowest BCUT2D eigenvalue weighted by molar-refractivity contribution is -0.115. The predicted octanol–water partition coefficient (Wildman–Crippen LogP) is 2.02. The smallest absolute Gasteiger partial charge is 0.365 e. The number of Topliss-reactive ketones (excluding diaryl/α,β-unsaturated/α-hetero) is 1. The standard InChI is InChI=1S/C10H11O4P/c1-8(11)10(14-15(12)13)7-9-5-3-2-4-6-9/h2-7,15H,1H3,(H,12,13). The molecule has 0 saturated heterocycles. The average molecular weight is 226 g/mol. The molecule has 0 aliphatic rings. The molecular weight excluding hydrogens is 215 g/mol. The number of ketones is 1. The molecule has 0 spiro atoms. The Hall–Kier alpha value is -1.38. The zero-order valence-electron chi connectivity index (χ0n) is 8.14. The minimum atomic E-state index is -3.14. The fourth-order valence-corrected chi connectivity index (χ4v) is 1.39. The quantitative estimate of drug-likeness (QED) is 0.484. The van der Waals surface area contributed by atoms with Crippen molar-refractivity contribution in [2.24, 2.45) is 0 Å². The Labute approximate surface area is 88.1 Å². The van der Waals surface area contributed by atoms with E-state index in [1.54, 1.807) is 24.3 Å². The minimum absolute atomic E-state index is 0.104. The molecule has 5 heteroatoms. The third-order valence-electron chi connectivity index (χ3n) is 1.64. The molecule has 1 aromatic rings. The van der Waals surface area contributed by atoms with Crippen LogP contribution in [0.15, 0.2) is 36.1 Å². The van der Waals surface area contributed by atoms with E-state index in [0.29, 0.717) is 0 Å². The topological polar surface area (TPSA) is 63.6 Å². The molecule has 0 radical (unpaired) electrons.